The molecule has 1 rings (SSSR count). The van der Waals surface area contributed by atoms with Crippen LogP contribution in [0.25, 0.3) is 0 Å². The van der Waals surface area contributed by atoms with E-state index < -0.39 is 0 Å². The molecule has 0 aliphatic carbocycles. The Kier molecular flexibility index (Phi) is 8.38. The Morgan fingerprint density at radius 2 is 2.15 bits per heavy atom. The van der Waals surface area contributed by atoms with Crippen molar-refractivity contribution >= 4 is 15.9 Å². The summed E-state index contributed by atoms with van der Waals surface area (Å²) in [6.45, 7) is 6.61. The van der Waals surface area contributed by atoms with Crippen LogP contribution in [0.4, 0.5) is 0 Å². The molecule has 0 fully saturated rings. The largest absolute Gasteiger partial charge is 0.493 e. The standard InChI is InChI=1S/C16H24BrNO2/c1-4-6-7-8-18-12-13-10-14(17)16(20-9-5-2)15(11-13)19-3/h4,6,10-11,18H,5,7-9,12H2,1-3H3/b6-4+. The number of nitrogens with one attached hydrogen (secondary N) is 1. The highest BCUT2D eigenvalue weighted by Gasteiger charge is 2.11. The van der Waals surface area contributed by atoms with Crippen LogP contribution < -0.4 is 14.8 Å². The van der Waals surface area contributed by atoms with Crippen molar-refractivity contribution in [3.05, 3.63) is 34.3 Å². The first-order valence-corrected chi connectivity index (χ1v) is 7.83. The molecule has 1 N–H and O–H groups in total. The van der Waals surface area contributed by atoms with Gasteiger partial charge < -0.3 is 14.8 Å². The molecule has 0 saturated carbocycles. The molecule has 0 aliphatic rings. The molecule has 0 bridgehead atoms. The van der Waals surface area contributed by atoms with Gasteiger partial charge in [0.1, 0.15) is 0 Å². The summed E-state index contributed by atoms with van der Waals surface area (Å²) in [7, 11) is 1.67. The van der Waals surface area contributed by atoms with Crippen molar-refractivity contribution in [3.63, 3.8) is 0 Å². The second kappa shape index (κ2) is 9.83. The van der Waals surface area contributed by atoms with E-state index in [0.717, 1.165) is 41.9 Å². The Morgan fingerprint density at radius 1 is 1.35 bits per heavy atom. The number of methoxy groups -OCH3 is 1. The van der Waals surface area contributed by atoms with Crippen LogP contribution in [0.3, 0.4) is 0 Å². The van der Waals surface area contributed by atoms with Gasteiger partial charge in [0.2, 0.25) is 0 Å². The molecule has 0 saturated heterocycles. The average Bonchev–Trinajstić information content (AvgIpc) is 2.45. The number of ether oxygens (including phenoxy) is 2. The molecule has 112 valence electrons. The Hall–Kier alpha value is -1.00. The van der Waals surface area contributed by atoms with E-state index in [1.54, 1.807) is 7.11 Å². The molecule has 0 unspecified atom stereocenters. The van der Waals surface area contributed by atoms with Gasteiger partial charge in [-0.25, -0.2) is 0 Å². The van der Waals surface area contributed by atoms with Crippen molar-refractivity contribution in [3.8, 4) is 11.5 Å². The summed E-state index contributed by atoms with van der Waals surface area (Å²) in [4.78, 5) is 0. The minimum absolute atomic E-state index is 0.690. The third-order valence-corrected chi connectivity index (χ3v) is 3.38. The lowest BCUT2D eigenvalue weighted by Gasteiger charge is -2.14. The van der Waals surface area contributed by atoms with Gasteiger partial charge in [-0.1, -0.05) is 19.1 Å². The van der Waals surface area contributed by atoms with E-state index >= 15 is 0 Å². The summed E-state index contributed by atoms with van der Waals surface area (Å²) in [6, 6.07) is 4.11. The van der Waals surface area contributed by atoms with E-state index in [4.69, 9.17) is 9.47 Å². The molecule has 0 aliphatic heterocycles. The average molecular weight is 342 g/mol. The molecule has 0 spiro atoms. The molecule has 3 nitrogen and oxygen atoms in total. The predicted molar refractivity (Wildman–Crippen MR) is 87.6 cm³/mol. The maximum absolute atomic E-state index is 5.72. The number of halogens is 1. The van der Waals surface area contributed by atoms with Crippen molar-refractivity contribution in [1.82, 2.24) is 5.32 Å². The quantitative estimate of drug-likeness (QED) is 0.536. The van der Waals surface area contributed by atoms with E-state index in [2.05, 4.69) is 46.4 Å². The topological polar surface area (TPSA) is 30.5 Å². The fraction of sp³-hybridized carbons (Fsp3) is 0.500. The van der Waals surface area contributed by atoms with Gasteiger partial charge in [0.25, 0.3) is 0 Å². The van der Waals surface area contributed by atoms with Crippen molar-refractivity contribution in [2.75, 3.05) is 20.3 Å². The number of benzene rings is 1. The van der Waals surface area contributed by atoms with Crippen molar-refractivity contribution in [1.29, 1.82) is 0 Å². The summed E-state index contributed by atoms with van der Waals surface area (Å²) in [5.41, 5.74) is 1.18. The zero-order valence-electron chi connectivity index (χ0n) is 12.5. The highest BCUT2D eigenvalue weighted by Crippen LogP contribution is 2.36. The molecule has 0 radical (unpaired) electrons. The molecule has 1 aromatic rings. The monoisotopic (exact) mass is 341 g/mol. The van der Waals surface area contributed by atoms with E-state index in [1.165, 1.54) is 5.56 Å². The van der Waals surface area contributed by atoms with E-state index in [-0.39, 0.29) is 0 Å². The van der Waals surface area contributed by atoms with Crippen LogP contribution in [0.15, 0.2) is 28.8 Å². The Balaban J connectivity index is 2.67. The third kappa shape index (κ3) is 5.55. The van der Waals surface area contributed by atoms with Crippen molar-refractivity contribution < 1.29 is 9.47 Å². The van der Waals surface area contributed by atoms with E-state index in [0.29, 0.717) is 6.61 Å². The second-order valence-corrected chi connectivity index (χ2v) is 5.35. The fourth-order valence-electron chi connectivity index (χ4n) is 1.80. The molecule has 0 amide bonds. The van der Waals surface area contributed by atoms with Gasteiger partial charge in [-0.2, -0.15) is 0 Å². The summed E-state index contributed by atoms with van der Waals surface area (Å²) in [5.74, 6) is 1.56. The number of hydrogen-bond donors (Lipinski definition) is 1. The maximum Gasteiger partial charge on any atom is 0.175 e. The van der Waals surface area contributed by atoms with Gasteiger partial charge in [0.05, 0.1) is 18.2 Å². The zero-order chi connectivity index (χ0) is 14.8. The third-order valence-electron chi connectivity index (χ3n) is 2.79. The Morgan fingerprint density at radius 3 is 2.80 bits per heavy atom. The van der Waals surface area contributed by atoms with Crippen LogP contribution in [-0.2, 0) is 6.54 Å². The molecule has 4 heteroatoms. The second-order valence-electron chi connectivity index (χ2n) is 4.49. The first-order valence-electron chi connectivity index (χ1n) is 7.04. The number of rotatable bonds is 9. The van der Waals surface area contributed by atoms with Gasteiger partial charge in [0, 0.05) is 6.54 Å². The molecule has 0 atom stereocenters. The number of hydrogen-bond acceptors (Lipinski definition) is 3. The van der Waals surface area contributed by atoms with Crippen LogP contribution in [-0.4, -0.2) is 20.3 Å². The van der Waals surface area contributed by atoms with Crippen molar-refractivity contribution in [2.24, 2.45) is 0 Å². The molecular formula is C16H24BrNO2. The fourth-order valence-corrected chi connectivity index (χ4v) is 2.41. The molecule has 0 aromatic heterocycles. The normalized spacial score (nSPS) is 11.0. The van der Waals surface area contributed by atoms with Crippen LogP contribution in [0, 0.1) is 0 Å². The van der Waals surface area contributed by atoms with Crippen LogP contribution in [0.5, 0.6) is 11.5 Å². The lowest BCUT2D eigenvalue weighted by Crippen LogP contribution is -2.14. The first-order chi connectivity index (χ1) is 9.72. The SMILES string of the molecule is C/C=C/CCNCc1cc(Br)c(OCCC)c(OC)c1. The van der Waals surface area contributed by atoms with E-state index in [9.17, 15) is 0 Å². The Labute approximate surface area is 130 Å². The zero-order valence-corrected chi connectivity index (χ0v) is 14.1. The van der Waals surface area contributed by atoms with Gasteiger partial charge >= 0.3 is 0 Å². The molecule has 20 heavy (non-hydrogen) atoms. The van der Waals surface area contributed by atoms with Gasteiger partial charge in [0.15, 0.2) is 11.5 Å². The number of allylic oxidation sites excluding steroid dienone is 1. The highest BCUT2D eigenvalue weighted by atomic mass is 79.9. The van der Waals surface area contributed by atoms with Gasteiger partial charge in [-0.3, -0.25) is 0 Å². The van der Waals surface area contributed by atoms with E-state index in [1.807, 2.05) is 13.0 Å². The molecule has 1 aromatic carbocycles. The maximum atomic E-state index is 5.72. The predicted octanol–water partition coefficient (Wildman–Crippen LogP) is 4.30. The van der Waals surface area contributed by atoms with Crippen LogP contribution in [0.1, 0.15) is 32.3 Å². The summed E-state index contributed by atoms with van der Waals surface area (Å²) in [6.07, 6.45) is 6.25. The molecular weight excluding hydrogens is 318 g/mol. The summed E-state index contributed by atoms with van der Waals surface area (Å²) < 4.78 is 12.1. The minimum atomic E-state index is 0.690. The summed E-state index contributed by atoms with van der Waals surface area (Å²) >= 11 is 3.56. The van der Waals surface area contributed by atoms with Crippen molar-refractivity contribution in [2.45, 2.75) is 33.2 Å². The lowest BCUT2D eigenvalue weighted by molar-refractivity contribution is 0.292. The van der Waals surface area contributed by atoms with Crippen LogP contribution >= 0.6 is 15.9 Å². The van der Waals surface area contributed by atoms with Crippen LogP contribution in [0.2, 0.25) is 0 Å². The van der Waals surface area contributed by atoms with Gasteiger partial charge in [-0.15, -0.1) is 0 Å². The molecule has 0 heterocycles. The highest BCUT2D eigenvalue weighted by molar-refractivity contribution is 9.10. The first kappa shape index (κ1) is 17.1. The van der Waals surface area contributed by atoms with Gasteiger partial charge in [-0.05, 0) is 59.9 Å². The summed E-state index contributed by atoms with van der Waals surface area (Å²) in [5, 5.41) is 3.41. The Bertz CT molecular complexity index is 433. The smallest absolute Gasteiger partial charge is 0.175 e. The minimum Gasteiger partial charge on any atom is -0.493 e. The lowest BCUT2D eigenvalue weighted by atomic mass is 10.2.